The van der Waals surface area contributed by atoms with Crippen molar-refractivity contribution in [1.29, 1.82) is 0 Å². The van der Waals surface area contributed by atoms with E-state index in [2.05, 4.69) is 34.2 Å². The summed E-state index contributed by atoms with van der Waals surface area (Å²) in [6.45, 7) is 6.93. The first-order valence-corrected chi connectivity index (χ1v) is 8.04. The average Bonchev–Trinajstić information content (AvgIpc) is 2.49. The second kappa shape index (κ2) is 10.2. The van der Waals surface area contributed by atoms with Gasteiger partial charge in [-0.25, -0.2) is 4.99 Å². The Hall–Kier alpha value is -1.76. The van der Waals surface area contributed by atoms with Crippen LogP contribution in [0.2, 0.25) is 0 Å². The van der Waals surface area contributed by atoms with Gasteiger partial charge in [-0.15, -0.1) is 0 Å². The Morgan fingerprint density at radius 1 is 1.21 bits per heavy atom. The highest BCUT2D eigenvalue weighted by Crippen LogP contribution is 2.16. The molecule has 0 amide bonds. The zero-order valence-electron chi connectivity index (χ0n) is 14.4. The number of aliphatic imine (C=N–C) groups is 1. The van der Waals surface area contributed by atoms with Gasteiger partial charge in [0.1, 0.15) is 6.61 Å². The minimum absolute atomic E-state index is 0.0667. The smallest absolute Gasteiger partial charge is 0.367 e. The number of guanidine groups is 1. The Balaban J connectivity index is 2.59. The monoisotopic (exact) mass is 345 g/mol. The Bertz CT molecular complexity index is 516. The highest BCUT2D eigenvalue weighted by atomic mass is 19.4. The predicted molar refractivity (Wildman–Crippen MR) is 89.8 cm³/mol. The second-order valence-corrected chi connectivity index (χ2v) is 5.90. The van der Waals surface area contributed by atoms with Gasteiger partial charge in [-0.2, -0.15) is 13.2 Å². The molecule has 0 saturated heterocycles. The quantitative estimate of drug-likeness (QED) is 0.560. The van der Waals surface area contributed by atoms with Crippen molar-refractivity contribution in [3.63, 3.8) is 0 Å². The molecule has 2 N–H and O–H groups in total. The molecule has 7 heteroatoms. The van der Waals surface area contributed by atoms with Gasteiger partial charge in [0.15, 0.2) is 5.96 Å². The molecule has 24 heavy (non-hydrogen) atoms. The van der Waals surface area contributed by atoms with E-state index in [0.717, 1.165) is 24.6 Å². The maximum atomic E-state index is 12.1. The van der Waals surface area contributed by atoms with Crippen molar-refractivity contribution >= 4 is 5.96 Å². The maximum absolute atomic E-state index is 12.1. The number of rotatable bonds is 8. The van der Waals surface area contributed by atoms with Crippen LogP contribution >= 0.6 is 0 Å². The lowest BCUT2D eigenvalue weighted by molar-refractivity contribution is -0.176. The van der Waals surface area contributed by atoms with Gasteiger partial charge in [0.25, 0.3) is 0 Å². The number of nitrogens with one attached hydrogen (secondary N) is 2. The standard InChI is InChI=1S/C17H26F3N3O/c1-4-21-16(22-9-13(2)3)23-10-14-6-5-7-15(8-14)11-24-12-17(18,19)20/h5-8,13H,4,9-12H2,1-3H3,(H2,21,22,23). The van der Waals surface area contributed by atoms with E-state index in [0.29, 0.717) is 18.0 Å². The Labute approximate surface area is 141 Å². The molecular weight excluding hydrogens is 319 g/mol. The molecule has 0 spiro atoms. The maximum Gasteiger partial charge on any atom is 0.411 e. The minimum atomic E-state index is -4.30. The number of halogens is 3. The van der Waals surface area contributed by atoms with E-state index in [1.54, 1.807) is 12.1 Å². The zero-order chi connectivity index (χ0) is 18.0. The van der Waals surface area contributed by atoms with Crippen LogP contribution in [0.25, 0.3) is 0 Å². The molecule has 1 rings (SSSR count). The number of hydrogen-bond acceptors (Lipinski definition) is 2. The number of alkyl halides is 3. The van der Waals surface area contributed by atoms with Crippen molar-refractivity contribution in [2.75, 3.05) is 19.7 Å². The van der Waals surface area contributed by atoms with Gasteiger partial charge in [-0.1, -0.05) is 38.1 Å². The van der Waals surface area contributed by atoms with Crippen molar-refractivity contribution in [3.8, 4) is 0 Å². The summed E-state index contributed by atoms with van der Waals surface area (Å²) in [6, 6.07) is 7.24. The molecule has 0 aliphatic heterocycles. The highest BCUT2D eigenvalue weighted by Gasteiger charge is 2.27. The number of ether oxygens (including phenoxy) is 1. The molecule has 0 bridgehead atoms. The van der Waals surface area contributed by atoms with E-state index < -0.39 is 12.8 Å². The first-order valence-electron chi connectivity index (χ1n) is 8.04. The van der Waals surface area contributed by atoms with E-state index in [1.807, 2.05) is 19.1 Å². The van der Waals surface area contributed by atoms with E-state index in [9.17, 15) is 13.2 Å². The fourth-order valence-corrected chi connectivity index (χ4v) is 1.92. The zero-order valence-corrected chi connectivity index (χ0v) is 14.4. The highest BCUT2D eigenvalue weighted by molar-refractivity contribution is 5.79. The van der Waals surface area contributed by atoms with Gasteiger partial charge >= 0.3 is 6.18 Å². The summed E-state index contributed by atoms with van der Waals surface area (Å²) >= 11 is 0. The van der Waals surface area contributed by atoms with Gasteiger partial charge in [0.05, 0.1) is 13.2 Å². The molecule has 0 saturated carbocycles. The lowest BCUT2D eigenvalue weighted by atomic mass is 10.1. The van der Waals surface area contributed by atoms with Gasteiger partial charge in [0, 0.05) is 13.1 Å². The Morgan fingerprint density at radius 2 is 1.92 bits per heavy atom. The minimum Gasteiger partial charge on any atom is -0.367 e. The molecule has 1 aromatic rings. The number of benzene rings is 1. The summed E-state index contributed by atoms with van der Waals surface area (Å²) < 4.78 is 41.0. The summed E-state index contributed by atoms with van der Waals surface area (Å²) in [7, 11) is 0. The van der Waals surface area contributed by atoms with Crippen molar-refractivity contribution in [1.82, 2.24) is 10.6 Å². The van der Waals surface area contributed by atoms with Crippen molar-refractivity contribution in [2.24, 2.45) is 10.9 Å². The third-order valence-electron chi connectivity index (χ3n) is 2.97. The van der Waals surface area contributed by atoms with Crippen LogP contribution in [-0.2, 0) is 17.9 Å². The van der Waals surface area contributed by atoms with Crippen LogP contribution < -0.4 is 10.6 Å². The summed E-state index contributed by atoms with van der Waals surface area (Å²) in [6.07, 6.45) is -4.30. The fourth-order valence-electron chi connectivity index (χ4n) is 1.92. The molecule has 0 aliphatic rings. The van der Waals surface area contributed by atoms with E-state index in [4.69, 9.17) is 0 Å². The van der Waals surface area contributed by atoms with Gasteiger partial charge in [-0.3, -0.25) is 0 Å². The first-order chi connectivity index (χ1) is 11.3. The third kappa shape index (κ3) is 9.39. The summed E-state index contributed by atoms with van der Waals surface area (Å²) in [4.78, 5) is 4.49. The molecule has 0 fully saturated rings. The second-order valence-electron chi connectivity index (χ2n) is 5.90. The van der Waals surface area contributed by atoms with Crippen molar-refractivity contribution in [3.05, 3.63) is 35.4 Å². The molecule has 0 aromatic heterocycles. The fraction of sp³-hybridized carbons (Fsp3) is 0.588. The van der Waals surface area contributed by atoms with Crippen molar-refractivity contribution < 1.29 is 17.9 Å². The first kappa shape index (κ1) is 20.3. The molecule has 0 heterocycles. The van der Waals surface area contributed by atoms with Crippen LogP contribution in [0.4, 0.5) is 13.2 Å². The molecule has 136 valence electrons. The Morgan fingerprint density at radius 3 is 2.54 bits per heavy atom. The summed E-state index contributed by atoms with van der Waals surface area (Å²) in [5, 5.41) is 6.41. The SMILES string of the molecule is CCNC(=NCc1cccc(COCC(F)(F)F)c1)NCC(C)C. The van der Waals surface area contributed by atoms with Gasteiger partial charge in [-0.05, 0) is 24.0 Å². The normalized spacial score (nSPS) is 12.5. The van der Waals surface area contributed by atoms with E-state index in [-0.39, 0.29) is 6.61 Å². The summed E-state index contributed by atoms with van der Waals surface area (Å²) in [5.74, 6) is 1.23. The van der Waals surface area contributed by atoms with Crippen LogP contribution in [0.1, 0.15) is 31.9 Å². The van der Waals surface area contributed by atoms with Crippen LogP contribution in [-0.4, -0.2) is 31.8 Å². The molecule has 0 aliphatic carbocycles. The average molecular weight is 345 g/mol. The molecule has 1 aromatic carbocycles. The molecule has 0 unspecified atom stereocenters. The topological polar surface area (TPSA) is 45.7 Å². The van der Waals surface area contributed by atoms with Gasteiger partial charge < -0.3 is 15.4 Å². The number of nitrogens with zero attached hydrogens (tertiary/aromatic N) is 1. The molecule has 0 atom stereocenters. The predicted octanol–water partition coefficient (Wildman–Crippen LogP) is 3.48. The molecule has 0 radical (unpaired) electrons. The number of hydrogen-bond donors (Lipinski definition) is 2. The van der Waals surface area contributed by atoms with Crippen LogP contribution in [0, 0.1) is 5.92 Å². The van der Waals surface area contributed by atoms with Gasteiger partial charge in [0.2, 0.25) is 0 Å². The van der Waals surface area contributed by atoms with E-state index in [1.165, 1.54) is 0 Å². The lowest BCUT2D eigenvalue weighted by Crippen LogP contribution is -2.39. The Kier molecular flexibility index (Phi) is 8.60. The van der Waals surface area contributed by atoms with E-state index >= 15 is 0 Å². The third-order valence-corrected chi connectivity index (χ3v) is 2.97. The van der Waals surface area contributed by atoms with Crippen LogP contribution in [0.3, 0.4) is 0 Å². The largest absolute Gasteiger partial charge is 0.411 e. The molecule has 4 nitrogen and oxygen atoms in total. The van der Waals surface area contributed by atoms with Crippen LogP contribution in [0.15, 0.2) is 29.3 Å². The summed E-state index contributed by atoms with van der Waals surface area (Å²) in [5.41, 5.74) is 1.62. The van der Waals surface area contributed by atoms with Crippen molar-refractivity contribution in [2.45, 2.75) is 40.1 Å². The lowest BCUT2D eigenvalue weighted by Gasteiger charge is -2.13. The molecular formula is C17H26F3N3O. The van der Waals surface area contributed by atoms with Crippen LogP contribution in [0.5, 0.6) is 0 Å².